The number of aromatic nitrogens is 2. The molecule has 31 heavy (non-hydrogen) atoms. The number of fused-ring (bicyclic) bond motifs is 2. The largest absolute Gasteiger partial charge is 0.349 e. The van der Waals surface area contributed by atoms with Gasteiger partial charge >= 0.3 is 5.69 Å². The van der Waals surface area contributed by atoms with Crippen molar-refractivity contribution in [3.63, 3.8) is 0 Å². The van der Waals surface area contributed by atoms with Crippen LogP contribution in [0.3, 0.4) is 0 Å². The number of nitrogens with zero attached hydrogens (tertiary/aromatic N) is 4. The van der Waals surface area contributed by atoms with Crippen LogP contribution in [0.15, 0.2) is 41.2 Å². The van der Waals surface area contributed by atoms with Crippen molar-refractivity contribution >= 4 is 22.4 Å². The highest BCUT2D eigenvalue weighted by Crippen LogP contribution is 2.37. The van der Waals surface area contributed by atoms with Gasteiger partial charge in [0, 0.05) is 37.3 Å². The van der Waals surface area contributed by atoms with Gasteiger partial charge in [0.2, 0.25) is 0 Å². The van der Waals surface area contributed by atoms with Gasteiger partial charge in [-0.3, -0.25) is 4.57 Å². The molecule has 0 aliphatic carbocycles. The zero-order valence-electron chi connectivity index (χ0n) is 17.9. The van der Waals surface area contributed by atoms with E-state index >= 15 is 0 Å². The molecule has 0 spiro atoms. The summed E-state index contributed by atoms with van der Waals surface area (Å²) in [6.45, 7) is 2.78. The molecule has 1 aromatic heterocycles. The van der Waals surface area contributed by atoms with Gasteiger partial charge < -0.3 is 9.80 Å². The summed E-state index contributed by atoms with van der Waals surface area (Å²) in [7, 11) is 3.75. The summed E-state index contributed by atoms with van der Waals surface area (Å²) in [4.78, 5) is 21.1. The van der Waals surface area contributed by atoms with E-state index in [0.717, 1.165) is 49.2 Å². The molecule has 2 aromatic carbocycles. The van der Waals surface area contributed by atoms with Crippen LogP contribution in [0.25, 0.3) is 10.9 Å². The van der Waals surface area contributed by atoms with E-state index in [-0.39, 0.29) is 11.5 Å². The third-order valence-corrected chi connectivity index (χ3v) is 6.37. The summed E-state index contributed by atoms with van der Waals surface area (Å²) >= 11 is 0. The molecule has 0 radical (unpaired) electrons. The van der Waals surface area contributed by atoms with Crippen LogP contribution < -0.4 is 10.6 Å². The van der Waals surface area contributed by atoms with E-state index in [1.54, 1.807) is 19.2 Å². The molecule has 1 atom stereocenters. The lowest BCUT2D eigenvalue weighted by Gasteiger charge is -2.32. The van der Waals surface area contributed by atoms with Gasteiger partial charge in [-0.05, 0) is 62.7 Å². The molecule has 2 aliphatic rings. The molecule has 3 aromatic rings. The number of benzene rings is 2. The molecule has 0 saturated carbocycles. The molecule has 0 bridgehead atoms. The third-order valence-electron chi connectivity index (χ3n) is 6.37. The lowest BCUT2D eigenvalue weighted by molar-refractivity contribution is 0.409. The van der Waals surface area contributed by atoms with Gasteiger partial charge in [-0.25, -0.2) is 9.18 Å². The van der Waals surface area contributed by atoms with Gasteiger partial charge in [0.1, 0.15) is 5.82 Å². The summed E-state index contributed by atoms with van der Waals surface area (Å²) in [5.74, 6) is 7.28. The van der Waals surface area contributed by atoms with Crippen LogP contribution in [0, 0.1) is 23.6 Å². The van der Waals surface area contributed by atoms with Gasteiger partial charge in [0.25, 0.3) is 0 Å². The summed E-state index contributed by atoms with van der Waals surface area (Å²) in [6.07, 6.45) is 2.91. The first kappa shape index (κ1) is 19.8. The normalized spacial score (nSPS) is 18.7. The van der Waals surface area contributed by atoms with Crippen molar-refractivity contribution in [1.82, 2.24) is 14.5 Å². The fourth-order valence-corrected chi connectivity index (χ4v) is 4.73. The van der Waals surface area contributed by atoms with Crippen LogP contribution in [0.5, 0.6) is 0 Å². The second-order valence-electron chi connectivity index (χ2n) is 8.49. The van der Waals surface area contributed by atoms with Crippen molar-refractivity contribution in [3.8, 4) is 11.8 Å². The summed E-state index contributed by atoms with van der Waals surface area (Å²) in [5.41, 5.74) is 3.29. The zero-order valence-corrected chi connectivity index (χ0v) is 17.9. The van der Waals surface area contributed by atoms with E-state index in [0.29, 0.717) is 29.2 Å². The van der Waals surface area contributed by atoms with Crippen LogP contribution in [0.4, 0.5) is 15.9 Å². The van der Waals surface area contributed by atoms with Crippen LogP contribution >= 0.6 is 0 Å². The maximum atomic E-state index is 14.9. The predicted molar refractivity (Wildman–Crippen MR) is 121 cm³/mol. The fraction of sp³-hybridized carbons (Fsp3) is 0.360. The molecular weight excluding hydrogens is 391 g/mol. The Hall–Kier alpha value is -3.17. The Bertz CT molecular complexity index is 1290. The van der Waals surface area contributed by atoms with Crippen molar-refractivity contribution < 1.29 is 4.39 Å². The number of hydrogen-bond donors (Lipinski definition) is 0. The Kier molecular flexibility index (Phi) is 4.99. The molecule has 1 fully saturated rings. The predicted octanol–water partition coefficient (Wildman–Crippen LogP) is 3.46. The number of aryl methyl sites for hydroxylation is 1. The Balaban J connectivity index is 1.62. The molecule has 158 valence electrons. The van der Waals surface area contributed by atoms with E-state index in [1.807, 2.05) is 17.0 Å². The first-order valence-electron chi connectivity index (χ1n) is 10.8. The van der Waals surface area contributed by atoms with Gasteiger partial charge in [0.05, 0.1) is 10.9 Å². The molecule has 5 nitrogen and oxygen atoms in total. The zero-order chi connectivity index (χ0) is 21.5. The minimum Gasteiger partial charge on any atom is -0.325 e. The second kappa shape index (κ2) is 7.82. The molecule has 1 unspecified atom stereocenters. The van der Waals surface area contributed by atoms with Crippen LogP contribution in [-0.2, 0) is 13.5 Å². The van der Waals surface area contributed by atoms with Gasteiger partial charge in [-0.15, -0.1) is 0 Å². The number of hydrogen-bond acceptors (Lipinski definition) is 4. The number of anilines is 2. The maximum Gasteiger partial charge on any atom is 0.349 e. The minimum absolute atomic E-state index is 0.371. The smallest absolute Gasteiger partial charge is 0.325 e. The van der Waals surface area contributed by atoms with Gasteiger partial charge in [-0.2, -0.15) is 4.98 Å². The molecule has 0 amide bonds. The topological polar surface area (TPSA) is 41.4 Å². The Morgan fingerprint density at radius 3 is 2.77 bits per heavy atom. The van der Waals surface area contributed by atoms with E-state index < -0.39 is 0 Å². The standard InChI is InChI=1S/C25H25FN4O/c1-28-15-13-17(16-28)11-12-18-6-3-9-21-19(18)7-5-14-30(21)24-23-20(26)8-4-10-22(23)29(2)25(31)27-24/h3-4,6,8-10,17H,5,7,13-16H2,1-2H3. The lowest BCUT2D eigenvalue weighted by atomic mass is 9.95. The Labute approximate surface area is 181 Å². The summed E-state index contributed by atoms with van der Waals surface area (Å²) < 4.78 is 16.3. The molecule has 1 saturated heterocycles. The van der Waals surface area contributed by atoms with Crippen LogP contribution in [0.2, 0.25) is 0 Å². The monoisotopic (exact) mass is 416 g/mol. The molecule has 0 N–H and O–H groups in total. The van der Waals surface area contributed by atoms with E-state index in [2.05, 4.69) is 34.8 Å². The van der Waals surface area contributed by atoms with Crippen molar-refractivity contribution in [2.75, 3.05) is 31.6 Å². The highest BCUT2D eigenvalue weighted by atomic mass is 19.1. The highest BCUT2D eigenvalue weighted by Gasteiger charge is 2.25. The molecule has 3 heterocycles. The van der Waals surface area contributed by atoms with E-state index in [1.165, 1.54) is 10.6 Å². The van der Waals surface area contributed by atoms with E-state index in [4.69, 9.17) is 0 Å². The number of halogens is 1. The SMILES string of the molecule is CN1CCC(C#Cc2cccc3c2CCCN3c2nc(=O)n(C)c3cccc(F)c23)C1. The van der Waals surface area contributed by atoms with E-state index in [9.17, 15) is 9.18 Å². The molecule has 6 heteroatoms. The maximum absolute atomic E-state index is 14.9. The van der Waals surface area contributed by atoms with Crippen molar-refractivity contribution in [3.05, 3.63) is 63.8 Å². The lowest BCUT2D eigenvalue weighted by Crippen LogP contribution is -2.30. The van der Waals surface area contributed by atoms with Crippen molar-refractivity contribution in [2.24, 2.45) is 13.0 Å². The third kappa shape index (κ3) is 3.49. The average molecular weight is 417 g/mol. The first-order chi connectivity index (χ1) is 15.0. The highest BCUT2D eigenvalue weighted by molar-refractivity contribution is 5.93. The van der Waals surface area contributed by atoms with Crippen molar-refractivity contribution in [1.29, 1.82) is 0 Å². The molecule has 2 aliphatic heterocycles. The van der Waals surface area contributed by atoms with Gasteiger partial charge in [0.15, 0.2) is 5.82 Å². The molecular formula is C25H25FN4O. The Morgan fingerprint density at radius 2 is 1.97 bits per heavy atom. The number of likely N-dealkylation sites (tertiary alicyclic amines) is 1. The Morgan fingerprint density at radius 1 is 1.13 bits per heavy atom. The quantitative estimate of drug-likeness (QED) is 0.570. The van der Waals surface area contributed by atoms with Crippen LogP contribution in [-0.4, -0.2) is 41.1 Å². The minimum atomic E-state index is -0.387. The fourth-order valence-electron chi connectivity index (χ4n) is 4.73. The first-order valence-corrected chi connectivity index (χ1v) is 10.8. The summed E-state index contributed by atoms with van der Waals surface area (Å²) in [6, 6.07) is 10.9. The summed E-state index contributed by atoms with van der Waals surface area (Å²) in [5, 5.41) is 0.378. The molecule has 5 rings (SSSR count). The number of rotatable bonds is 1. The van der Waals surface area contributed by atoms with Crippen molar-refractivity contribution in [2.45, 2.75) is 19.3 Å². The van der Waals surface area contributed by atoms with Gasteiger partial charge in [-0.1, -0.05) is 24.0 Å². The second-order valence-corrected chi connectivity index (χ2v) is 8.49. The van der Waals surface area contributed by atoms with Crippen LogP contribution in [0.1, 0.15) is 24.0 Å². The average Bonchev–Trinajstić information content (AvgIpc) is 3.19.